The molecule has 0 radical (unpaired) electrons. The van der Waals surface area contributed by atoms with E-state index in [-0.39, 0.29) is 11.3 Å². The van der Waals surface area contributed by atoms with Crippen LogP contribution >= 0.6 is 0 Å². The number of carbonyl (C=O) groups excluding carboxylic acids is 1. The molecular formula is C17H26O3. The highest BCUT2D eigenvalue weighted by Gasteiger charge is 2.10. The first-order chi connectivity index (χ1) is 9.61. The number of rotatable bonds is 9. The summed E-state index contributed by atoms with van der Waals surface area (Å²) in [4.78, 5) is 11.7. The van der Waals surface area contributed by atoms with Crippen molar-refractivity contribution in [1.29, 1.82) is 0 Å². The number of unbranched alkanes of at least 4 members (excludes halogenated alkanes) is 4. The van der Waals surface area contributed by atoms with Crippen molar-refractivity contribution in [2.24, 2.45) is 5.92 Å². The van der Waals surface area contributed by atoms with Gasteiger partial charge in [-0.15, -0.1) is 0 Å². The van der Waals surface area contributed by atoms with Crippen LogP contribution in [0.1, 0.15) is 62.7 Å². The van der Waals surface area contributed by atoms with E-state index in [4.69, 9.17) is 4.74 Å². The molecule has 0 aliphatic rings. The number of hydrogen-bond acceptors (Lipinski definition) is 3. The number of aromatic hydroxyl groups is 1. The minimum atomic E-state index is -0.442. The monoisotopic (exact) mass is 278 g/mol. The molecule has 1 N–H and O–H groups in total. The third-order valence-corrected chi connectivity index (χ3v) is 3.28. The number of para-hydroxylation sites is 1. The van der Waals surface area contributed by atoms with E-state index in [9.17, 15) is 9.90 Å². The van der Waals surface area contributed by atoms with Crippen LogP contribution in [0.2, 0.25) is 0 Å². The maximum Gasteiger partial charge on any atom is 0.341 e. The van der Waals surface area contributed by atoms with Gasteiger partial charge in [0.2, 0.25) is 0 Å². The zero-order valence-electron chi connectivity index (χ0n) is 12.6. The zero-order valence-corrected chi connectivity index (χ0v) is 12.6. The molecule has 0 aromatic heterocycles. The lowest BCUT2D eigenvalue weighted by Crippen LogP contribution is -2.06. The molecule has 1 rings (SSSR count). The highest BCUT2D eigenvalue weighted by Crippen LogP contribution is 2.17. The number of hydrogen-bond donors (Lipinski definition) is 1. The number of phenolic OH excluding ortho intramolecular Hbond substituents is 1. The summed E-state index contributed by atoms with van der Waals surface area (Å²) in [6.07, 6.45) is 7.01. The molecule has 0 bridgehead atoms. The third-order valence-electron chi connectivity index (χ3n) is 3.28. The second-order valence-electron chi connectivity index (χ2n) is 5.60. The van der Waals surface area contributed by atoms with Crippen LogP contribution in [0.4, 0.5) is 0 Å². The lowest BCUT2D eigenvalue weighted by Gasteiger charge is -2.06. The van der Waals surface area contributed by atoms with Crippen LogP contribution in [0.5, 0.6) is 5.75 Å². The lowest BCUT2D eigenvalue weighted by molar-refractivity contribution is 0.0494. The van der Waals surface area contributed by atoms with E-state index in [1.165, 1.54) is 31.7 Å². The molecule has 20 heavy (non-hydrogen) atoms. The molecule has 0 amide bonds. The first-order valence-corrected chi connectivity index (χ1v) is 7.56. The Morgan fingerprint density at radius 1 is 1.10 bits per heavy atom. The summed E-state index contributed by atoms with van der Waals surface area (Å²) < 4.78 is 5.15. The molecular weight excluding hydrogens is 252 g/mol. The molecule has 0 unspecified atom stereocenters. The van der Waals surface area contributed by atoms with Crippen molar-refractivity contribution in [3.05, 3.63) is 29.8 Å². The van der Waals surface area contributed by atoms with E-state index in [2.05, 4.69) is 13.8 Å². The average molecular weight is 278 g/mol. The Kier molecular flexibility index (Phi) is 7.78. The molecule has 3 nitrogen and oxygen atoms in total. The summed E-state index contributed by atoms with van der Waals surface area (Å²) in [6, 6.07) is 6.46. The Labute approximate surface area is 122 Å². The first-order valence-electron chi connectivity index (χ1n) is 7.56. The first kappa shape index (κ1) is 16.5. The van der Waals surface area contributed by atoms with Crippen molar-refractivity contribution in [3.63, 3.8) is 0 Å². The van der Waals surface area contributed by atoms with Crippen LogP contribution in [0, 0.1) is 5.92 Å². The Balaban J connectivity index is 2.07. The van der Waals surface area contributed by atoms with E-state index >= 15 is 0 Å². The number of esters is 1. The van der Waals surface area contributed by atoms with Gasteiger partial charge in [-0.3, -0.25) is 0 Å². The second kappa shape index (κ2) is 9.40. The van der Waals surface area contributed by atoms with Gasteiger partial charge >= 0.3 is 5.97 Å². The van der Waals surface area contributed by atoms with Gasteiger partial charge in [0.05, 0.1) is 6.61 Å². The minimum absolute atomic E-state index is 0.0221. The molecule has 0 spiro atoms. The molecule has 112 valence electrons. The summed E-state index contributed by atoms with van der Waals surface area (Å²) >= 11 is 0. The third kappa shape index (κ3) is 6.60. The predicted octanol–water partition coefficient (Wildman–Crippen LogP) is 4.55. The van der Waals surface area contributed by atoms with Gasteiger partial charge in [0.25, 0.3) is 0 Å². The Bertz CT molecular complexity index is 399. The zero-order chi connectivity index (χ0) is 14.8. The van der Waals surface area contributed by atoms with E-state index < -0.39 is 5.97 Å². The summed E-state index contributed by atoms with van der Waals surface area (Å²) in [5.41, 5.74) is 0.240. The number of benzene rings is 1. The van der Waals surface area contributed by atoms with E-state index in [0.29, 0.717) is 6.61 Å². The van der Waals surface area contributed by atoms with Crippen molar-refractivity contribution in [2.45, 2.75) is 52.4 Å². The highest BCUT2D eigenvalue weighted by molar-refractivity contribution is 5.92. The number of carbonyl (C=O) groups is 1. The molecule has 1 aromatic rings. The predicted molar refractivity (Wildman–Crippen MR) is 80.9 cm³/mol. The maximum absolute atomic E-state index is 11.7. The van der Waals surface area contributed by atoms with Crippen LogP contribution in [0.3, 0.4) is 0 Å². The molecule has 0 heterocycles. The molecule has 0 saturated carbocycles. The van der Waals surface area contributed by atoms with Gasteiger partial charge in [0.15, 0.2) is 0 Å². The molecule has 0 saturated heterocycles. The van der Waals surface area contributed by atoms with Gasteiger partial charge in [-0.1, -0.05) is 58.1 Å². The molecule has 0 atom stereocenters. The van der Waals surface area contributed by atoms with Crippen molar-refractivity contribution in [2.75, 3.05) is 6.61 Å². The largest absolute Gasteiger partial charge is 0.507 e. The average Bonchev–Trinajstić information content (AvgIpc) is 2.41. The highest BCUT2D eigenvalue weighted by atomic mass is 16.5. The lowest BCUT2D eigenvalue weighted by atomic mass is 10.0. The smallest absolute Gasteiger partial charge is 0.341 e. The van der Waals surface area contributed by atoms with E-state index in [1.807, 2.05) is 0 Å². The van der Waals surface area contributed by atoms with Crippen LogP contribution in [0.15, 0.2) is 24.3 Å². The van der Waals surface area contributed by atoms with Crippen LogP contribution in [0.25, 0.3) is 0 Å². The van der Waals surface area contributed by atoms with Crippen LogP contribution in [-0.2, 0) is 4.74 Å². The Morgan fingerprint density at radius 2 is 1.75 bits per heavy atom. The summed E-state index contributed by atoms with van der Waals surface area (Å²) in [5.74, 6) is 0.323. The Hall–Kier alpha value is -1.51. The SMILES string of the molecule is CC(C)CCCCCCCOC(=O)c1ccccc1O. The molecule has 0 aliphatic carbocycles. The van der Waals surface area contributed by atoms with Crippen molar-refractivity contribution >= 4 is 5.97 Å². The normalized spacial score (nSPS) is 10.8. The fourth-order valence-electron chi connectivity index (χ4n) is 2.07. The van der Waals surface area contributed by atoms with Crippen LogP contribution in [-0.4, -0.2) is 17.7 Å². The molecule has 0 aliphatic heterocycles. The van der Waals surface area contributed by atoms with Gasteiger partial charge in [-0.25, -0.2) is 4.79 Å². The van der Waals surface area contributed by atoms with Gasteiger partial charge in [0, 0.05) is 0 Å². The number of ether oxygens (including phenoxy) is 1. The van der Waals surface area contributed by atoms with Gasteiger partial charge < -0.3 is 9.84 Å². The summed E-state index contributed by atoms with van der Waals surface area (Å²) in [5, 5.41) is 9.52. The summed E-state index contributed by atoms with van der Waals surface area (Å²) in [7, 11) is 0. The standard InChI is InChI=1S/C17H26O3/c1-14(2)10-6-4-3-5-9-13-20-17(19)15-11-7-8-12-16(15)18/h7-8,11-12,14,18H,3-6,9-10,13H2,1-2H3. The van der Waals surface area contributed by atoms with Crippen molar-refractivity contribution in [1.82, 2.24) is 0 Å². The van der Waals surface area contributed by atoms with E-state index in [1.54, 1.807) is 18.2 Å². The number of phenols is 1. The quantitative estimate of drug-likeness (QED) is 0.532. The van der Waals surface area contributed by atoms with Gasteiger partial charge in [0.1, 0.15) is 11.3 Å². The van der Waals surface area contributed by atoms with Crippen molar-refractivity contribution in [3.8, 4) is 5.75 Å². The second-order valence-corrected chi connectivity index (χ2v) is 5.60. The minimum Gasteiger partial charge on any atom is -0.507 e. The van der Waals surface area contributed by atoms with Gasteiger partial charge in [-0.05, 0) is 24.5 Å². The maximum atomic E-state index is 11.7. The summed E-state index contributed by atoms with van der Waals surface area (Å²) in [6.45, 7) is 4.92. The van der Waals surface area contributed by atoms with E-state index in [0.717, 1.165) is 18.8 Å². The molecule has 1 aromatic carbocycles. The Morgan fingerprint density at radius 3 is 2.45 bits per heavy atom. The fourth-order valence-corrected chi connectivity index (χ4v) is 2.07. The van der Waals surface area contributed by atoms with Gasteiger partial charge in [-0.2, -0.15) is 0 Å². The molecule has 3 heteroatoms. The topological polar surface area (TPSA) is 46.5 Å². The molecule has 0 fully saturated rings. The van der Waals surface area contributed by atoms with Crippen molar-refractivity contribution < 1.29 is 14.6 Å². The fraction of sp³-hybridized carbons (Fsp3) is 0.588. The van der Waals surface area contributed by atoms with Crippen LogP contribution < -0.4 is 0 Å².